The van der Waals surface area contributed by atoms with Crippen LogP contribution in [0.2, 0.25) is 0 Å². The van der Waals surface area contributed by atoms with Gasteiger partial charge >= 0.3 is 0 Å². The lowest BCUT2D eigenvalue weighted by Gasteiger charge is -2.18. The number of amides is 2. The Morgan fingerprint density at radius 3 is 2.77 bits per heavy atom. The van der Waals surface area contributed by atoms with Gasteiger partial charge in [-0.3, -0.25) is 9.59 Å². The molecule has 0 aromatic carbocycles. The first-order valence-corrected chi connectivity index (χ1v) is 4.35. The molecule has 0 spiro atoms. The molecular weight excluding hydrogens is 170 g/mol. The fourth-order valence-corrected chi connectivity index (χ4v) is 1.49. The summed E-state index contributed by atoms with van der Waals surface area (Å²) < 4.78 is 0. The van der Waals surface area contributed by atoms with E-state index in [1.165, 1.54) is 4.90 Å². The Labute approximate surface area is 77.3 Å². The maximum Gasteiger partial charge on any atom is 0.237 e. The molecular formula is C8H15N3O2. The number of hydrogen-bond acceptors (Lipinski definition) is 3. The highest BCUT2D eigenvalue weighted by Gasteiger charge is 2.25. The summed E-state index contributed by atoms with van der Waals surface area (Å²) in [6, 6.07) is 0. The standard InChI is InChI=1S/C8H15N3O2/c1-11(5-7(9)12)8(13)6-2-3-10-4-6/h6,10H,2-5H2,1H3,(H2,9,12). The maximum absolute atomic E-state index is 11.6. The Bertz CT molecular complexity index is 211. The van der Waals surface area contributed by atoms with Crippen molar-refractivity contribution in [3.63, 3.8) is 0 Å². The second-order valence-electron chi connectivity index (χ2n) is 3.35. The van der Waals surface area contributed by atoms with Gasteiger partial charge in [0.05, 0.1) is 12.5 Å². The molecule has 1 fully saturated rings. The highest BCUT2D eigenvalue weighted by Crippen LogP contribution is 2.10. The molecule has 13 heavy (non-hydrogen) atoms. The summed E-state index contributed by atoms with van der Waals surface area (Å²) in [7, 11) is 1.60. The quantitative estimate of drug-likeness (QED) is 0.564. The third kappa shape index (κ3) is 2.69. The van der Waals surface area contributed by atoms with Crippen LogP contribution in [0.3, 0.4) is 0 Å². The van der Waals surface area contributed by atoms with E-state index in [9.17, 15) is 9.59 Å². The van der Waals surface area contributed by atoms with E-state index in [1.807, 2.05) is 0 Å². The number of hydrogen-bond donors (Lipinski definition) is 2. The predicted octanol–water partition coefficient (Wildman–Crippen LogP) is -1.46. The zero-order valence-electron chi connectivity index (χ0n) is 7.75. The molecule has 1 atom stereocenters. The molecule has 5 nitrogen and oxygen atoms in total. The average molecular weight is 185 g/mol. The molecule has 0 aromatic rings. The third-order valence-electron chi connectivity index (χ3n) is 2.18. The van der Waals surface area contributed by atoms with Crippen LogP contribution in [0.5, 0.6) is 0 Å². The molecule has 0 radical (unpaired) electrons. The van der Waals surface area contributed by atoms with Crippen molar-refractivity contribution in [3.8, 4) is 0 Å². The second kappa shape index (κ2) is 4.23. The van der Waals surface area contributed by atoms with Gasteiger partial charge in [-0.2, -0.15) is 0 Å². The van der Waals surface area contributed by atoms with Crippen LogP contribution in [0.1, 0.15) is 6.42 Å². The van der Waals surface area contributed by atoms with Gasteiger partial charge in [0.15, 0.2) is 0 Å². The fraction of sp³-hybridized carbons (Fsp3) is 0.750. The summed E-state index contributed by atoms with van der Waals surface area (Å²) in [5, 5.41) is 3.10. The number of primary amides is 1. The number of nitrogens with one attached hydrogen (secondary N) is 1. The van der Waals surface area contributed by atoms with E-state index in [1.54, 1.807) is 7.05 Å². The lowest BCUT2D eigenvalue weighted by molar-refractivity contribution is -0.136. The van der Waals surface area contributed by atoms with Crippen molar-refractivity contribution in [2.45, 2.75) is 6.42 Å². The van der Waals surface area contributed by atoms with Crippen molar-refractivity contribution in [2.24, 2.45) is 11.7 Å². The molecule has 1 unspecified atom stereocenters. The van der Waals surface area contributed by atoms with Crippen molar-refractivity contribution < 1.29 is 9.59 Å². The van der Waals surface area contributed by atoms with Gasteiger partial charge in [-0.05, 0) is 13.0 Å². The summed E-state index contributed by atoms with van der Waals surface area (Å²) in [6.45, 7) is 1.60. The molecule has 1 aliphatic rings. The fourth-order valence-electron chi connectivity index (χ4n) is 1.49. The Morgan fingerprint density at radius 2 is 2.31 bits per heavy atom. The number of likely N-dealkylation sites (N-methyl/N-ethyl adjacent to an activating group) is 1. The Kier molecular flexibility index (Phi) is 3.25. The number of carbonyl (C=O) groups is 2. The molecule has 0 aliphatic carbocycles. The van der Waals surface area contributed by atoms with Gasteiger partial charge in [0, 0.05) is 13.6 Å². The molecule has 3 N–H and O–H groups in total. The van der Waals surface area contributed by atoms with E-state index >= 15 is 0 Å². The summed E-state index contributed by atoms with van der Waals surface area (Å²) >= 11 is 0. The molecule has 1 heterocycles. The molecule has 2 amide bonds. The minimum absolute atomic E-state index is 0.00352. The Morgan fingerprint density at radius 1 is 1.62 bits per heavy atom. The van der Waals surface area contributed by atoms with E-state index in [4.69, 9.17) is 5.73 Å². The van der Waals surface area contributed by atoms with Gasteiger partial charge in [-0.25, -0.2) is 0 Å². The minimum atomic E-state index is -0.471. The van der Waals surface area contributed by atoms with E-state index in [-0.39, 0.29) is 18.4 Å². The zero-order chi connectivity index (χ0) is 9.84. The third-order valence-corrected chi connectivity index (χ3v) is 2.18. The molecule has 1 rings (SSSR count). The van der Waals surface area contributed by atoms with Gasteiger partial charge in [0.1, 0.15) is 0 Å². The van der Waals surface area contributed by atoms with Crippen molar-refractivity contribution in [1.29, 1.82) is 0 Å². The van der Waals surface area contributed by atoms with Crippen molar-refractivity contribution >= 4 is 11.8 Å². The van der Waals surface area contributed by atoms with E-state index in [0.29, 0.717) is 6.54 Å². The number of carbonyl (C=O) groups excluding carboxylic acids is 2. The molecule has 0 bridgehead atoms. The van der Waals surface area contributed by atoms with Gasteiger partial charge in [-0.1, -0.05) is 0 Å². The first kappa shape index (κ1) is 9.98. The summed E-state index contributed by atoms with van der Waals surface area (Å²) in [4.78, 5) is 23.5. The number of nitrogens with zero attached hydrogens (tertiary/aromatic N) is 1. The van der Waals surface area contributed by atoms with E-state index in [0.717, 1.165) is 13.0 Å². The van der Waals surface area contributed by atoms with Crippen LogP contribution >= 0.6 is 0 Å². The average Bonchev–Trinajstić information content (AvgIpc) is 2.53. The summed E-state index contributed by atoms with van der Waals surface area (Å²) in [6.07, 6.45) is 0.849. The van der Waals surface area contributed by atoms with Crippen LogP contribution in [-0.4, -0.2) is 43.4 Å². The first-order valence-electron chi connectivity index (χ1n) is 4.35. The summed E-state index contributed by atoms with van der Waals surface area (Å²) in [5.74, 6) is -0.449. The highest BCUT2D eigenvalue weighted by atomic mass is 16.2. The predicted molar refractivity (Wildman–Crippen MR) is 47.8 cm³/mol. The van der Waals surface area contributed by atoms with Crippen molar-refractivity contribution in [2.75, 3.05) is 26.7 Å². The largest absolute Gasteiger partial charge is 0.368 e. The van der Waals surface area contributed by atoms with Crippen LogP contribution in [0, 0.1) is 5.92 Å². The maximum atomic E-state index is 11.6. The van der Waals surface area contributed by atoms with Crippen molar-refractivity contribution in [1.82, 2.24) is 10.2 Å². The molecule has 1 saturated heterocycles. The minimum Gasteiger partial charge on any atom is -0.368 e. The van der Waals surface area contributed by atoms with Gasteiger partial charge in [-0.15, -0.1) is 0 Å². The molecule has 74 valence electrons. The number of rotatable bonds is 3. The lowest BCUT2D eigenvalue weighted by atomic mass is 10.1. The van der Waals surface area contributed by atoms with Crippen LogP contribution in [-0.2, 0) is 9.59 Å². The van der Waals surface area contributed by atoms with Crippen LogP contribution in [0.25, 0.3) is 0 Å². The SMILES string of the molecule is CN(CC(N)=O)C(=O)C1CCNC1. The zero-order valence-corrected chi connectivity index (χ0v) is 7.75. The summed E-state index contributed by atoms with van der Waals surface area (Å²) in [5.41, 5.74) is 4.98. The topological polar surface area (TPSA) is 75.4 Å². The van der Waals surface area contributed by atoms with Gasteiger partial charge < -0.3 is 16.0 Å². The van der Waals surface area contributed by atoms with Crippen LogP contribution < -0.4 is 11.1 Å². The molecule has 0 aromatic heterocycles. The molecule has 0 saturated carbocycles. The smallest absolute Gasteiger partial charge is 0.237 e. The van der Waals surface area contributed by atoms with Gasteiger partial charge in [0.2, 0.25) is 11.8 Å². The van der Waals surface area contributed by atoms with Crippen molar-refractivity contribution in [3.05, 3.63) is 0 Å². The highest BCUT2D eigenvalue weighted by molar-refractivity contribution is 5.85. The number of nitrogens with two attached hydrogens (primary N) is 1. The van der Waals surface area contributed by atoms with E-state index in [2.05, 4.69) is 5.32 Å². The monoisotopic (exact) mass is 185 g/mol. The van der Waals surface area contributed by atoms with Crippen LogP contribution in [0.15, 0.2) is 0 Å². The van der Waals surface area contributed by atoms with Crippen LogP contribution in [0.4, 0.5) is 0 Å². The van der Waals surface area contributed by atoms with E-state index < -0.39 is 5.91 Å². The Hall–Kier alpha value is -1.10. The lowest BCUT2D eigenvalue weighted by Crippen LogP contribution is -2.39. The molecule has 1 aliphatic heterocycles. The normalized spacial score (nSPS) is 21.5. The Balaban J connectivity index is 2.41. The second-order valence-corrected chi connectivity index (χ2v) is 3.35. The first-order chi connectivity index (χ1) is 6.11. The molecule has 5 heteroatoms. The van der Waals surface area contributed by atoms with Gasteiger partial charge in [0.25, 0.3) is 0 Å².